The molecule has 2 atom stereocenters. The van der Waals surface area contributed by atoms with Crippen LogP contribution in [0.4, 0.5) is 0 Å². The zero-order valence-electron chi connectivity index (χ0n) is 11.6. The third-order valence-electron chi connectivity index (χ3n) is 3.18. The van der Waals surface area contributed by atoms with Gasteiger partial charge in [0.15, 0.2) is 6.10 Å². The van der Waals surface area contributed by atoms with Crippen molar-refractivity contribution in [3.05, 3.63) is 0 Å². The van der Waals surface area contributed by atoms with Gasteiger partial charge in [-0.05, 0) is 32.1 Å². The molecular formula is C13H24O5. The fourth-order valence-electron chi connectivity index (χ4n) is 1.39. The SMILES string of the molecule is CCC(C)(CCC(C)C)C(=O)OC(=O)C(O)CO. The maximum Gasteiger partial charge on any atom is 0.345 e. The standard InChI is InChI=1S/C13H24O5/c1-5-13(4,7-6-9(2)3)12(17)18-11(16)10(15)8-14/h9-10,14-15H,5-8H2,1-4H3. The van der Waals surface area contributed by atoms with Crippen LogP contribution in [0.5, 0.6) is 0 Å². The normalized spacial score (nSPS) is 16.2. The van der Waals surface area contributed by atoms with E-state index in [-0.39, 0.29) is 0 Å². The largest absolute Gasteiger partial charge is 0.393 e. The molecule has 0 saturated heterocycles. The minimum atomic E-state index is -1.65. The average Bonchev–Trinajstić information content (AvgIpc) is 2.34. The molecule has 0 rings (SSSR count). The first kappa shape index (κ1) is 17.1. The van der Waals surface area contributed by atoms with Gasteiger partial charge in [-0.3, -0.25) is 4.79 Å². The van der Waals surface area contributed by atoms with E-state index in [1.54, 1.807) is 6.92 Å². The number of carbonyl (C=O) groups excluding carboxylic acids is 2. The highest BCUT2D eigenvalue weighted by Gasteiger charge is 2.35. The van der Waals surface area contributed by atoms with Gasteiger partial charge >= 0.3 is 11.9 Å². The lowest BCUT2D eigenvalue weighted by Gasteiger charge is -2.26. The first-order valence-electron chi connectivity index (χ1n) is 6.32. The summed E-state index contributed by atoms with van der Waals surface area (Å²) in [4.78, 5) is 23.1. The summed E-state index contributed by atoms with van der Waals surface area (Å²) in [6, 6.07) is 0. The topological polar surface area (TPSA) is 83.8 Å². The Morgan fingerprint density at radius 2 is 1.89 bits per heavy atom. The number of esters is 2. The van der Waals surface area contributed by atoms with Crippen LogP contribution in [0.3, 0.4) is 0 Å². The van der Waals surface area contributed by atoms with Gasteiger partial charge in [-0.2, -0.15) is 0 Å². The van der Waals surface area contributed by atoms with Gasteiger partial charge in [-0.1, -0.05) is 20.8 Å². The first-order chi connectivity index (χ1) is 8.26. The molecule has 0 heterocycles. The molecule has 0 aliphatic heterocycles. The third kappa shape index (κ3) is 5.14. The second kappa shape index (κ2) is 7.48. The highest BCUT2D eigenvalue weighted by Crippen LogP contribution is 2.30. The van der Waals surface area contributed by atoms with Crippen LogP contribution >= 0.6 is 0 Å². The monoisotopic (exact) mass is 260 g/mol. The molecule has 0 aromatic heterocycles. The van der Waals surface area contributed by atoms with Crippen molar-refractivity contribution in [1.82, 2.24) is 0 Å². The van der Waals surface area contributed by atoms with E-state index in [1.165, 1.54) is 0 Å². The van der Waals surface area contributed by atoms with Gasteiger partial charge in [-0.25, -0.2) is 4.79 Å². The number of hydrogen-bond acceptors (Lipinski definition) is 5. The van der Waals surface area contributed by atoms with Gasteiger partial charge in [0.1, 0.15) is 0 Å². The van der Waals surface area contributed by atoms with E-state index >= 15 is 0 Å². The molecule has 0 bridgehead atoms. The highest BCUT2D eigenvalue weighted by molar-refractivity contribution is 5.90. The number of rotatable bonds is 7. The molecule has 0 aliphatic carbocycles. The van der Waals surface area contributed by atoms with Crippen molar-refractivity contribution in [3.63, 3.8) is 0 Å². The van der Waals surface area contributed by atoms with E-state index in [1.807, 2.05) is 6.92 Å². The summed E-state index contributed by atoms with van der Waals surface area (Å²) >= 11 is 0. The van der Waals surface area contributed by atoms with Gasteiger partial charge in [0, 0.05) is 0 Å². The lowest BCUT2D eigenvalue weighted by atomic mass is 9.81. The average molecular weight is 260 g/mol. The Balaban J connectivity index is 4.55. The predicted octanol–water partition coefficient (Wildman–Crippen LogP) is 1.26. The Labute approximate surface area is 108 Å². The van der Waals surface area contributed by atoms with Crippen LogP contribution in [0.15, 0.2) is 0 Å². The van der Waals surface area contributed by atoms with Gasteiger partial charge in [-0.15, -0.1) is 0 Å². The van der Waals surface area contributed by atoms with Crippen molar-refractivity contribution in [3.8, 4) is 0 Å². The summed E-state index contributed by atoms with van der Waals surface area (Å²) in [5, 5.41) is 17.6. The van der Waals surface area contributed by atoms with E-state index in [4.69, 9.17) is 10.2 Å². The molecule has 5 nitrogen and oxygen atoms in total. The van der Waals surface area contributed by atoms with Gasteiger partial charge in [0.2, 0.25) is 0 Å². The summed E-state index contributed by atoms with van der Waals surface area (Å²) in [7, 11) is 0. The van der Waals surface area contributed by atoms with Crippen LogP contribution in [0.25, 0.3) is 0 Å². The predicted molar refractivity (Wildman–Crippen MR) is 66.7 cm³/mol. The molecule has 2 N–H and O–H groups in total. The molecule has 0 aromatic carbocycles. The molecule has 0 fully saturated rings. The molecule has 106 valence electrons. The molecule has 0 amide bonds. The minimum absolute atomic E-state index is 0.461. The van der Waals surface area contributed by atoms with Crippen molar-refractivity contribution < 1.29 is 24.5 Å². The molecule has 0 spiro atoms. The third-order valence-corrected chi connectivity index (χ3v) is 3.18. The smallest absolute Gasteiger partial charge is 0.345 e. The maximum absolute atomic E-state index is 11.9. The van der Waals surface area contributed by atoms with Gasteiger partial charge < -0.3 is 14.9 Å². The quantitative estimate of drug-likeness (QED) is 0.532. The van der Waals surface area contributed by atoms with Crippen LogP contribution in [0.2, 0.25) is 0 Å². The molecule has 0 saturated carbocycles. The number of aliphatic hydroxyl groups is 2. The van der Waals surface area contributed by atoms with Gasteiger partial charge in [0.05, 0.1) is 12.0 Å². The first-order valence-corrected chi connectivity index (χ1v) is 6.32. The lowest BCUT2D eigenvalue weighted by Crippen LogP contribution is -2.36. The Hall–Kier alpha value is -0.940. The summed E-state index contributed by atoms with van der Waals surface area (Å²) < 4.78 is 4.60. The van der Waals surface area contributed by atoms with Crippen molar-refractivity contribution in [2.45, 2.75) is 53.1 Å². The molecule has 2 unspecified atom stereocenters. The molecular weight excluding hydrogens is 236 g/mol. The van der Waals surface area contributed by atoms with E-state index in [2.05, 4.69) is 18.6 Å². The highest BCUT2D eigenvalue weighted by atomic mass is 16.6. The van der Waals surface area contributed by atoms with Gasteiger partial charge in [0.25, 0.3) is 0 Å². The lowest BCUT2D eigenvalue weighted by molar-refractivity contribution is -0.173. The number of hydrogen-bond donors (Lipinski definition) is 2. The summed E-state index contributed by atoms with van der Waals surface area (Å²) in [5.41, 5.74) is -0.727. The van der Waals surface area contributed by atoms with E-state index in [0.29, 0.717) is 18.8 Å². The zero-order valence-corrected chi connectivity index (χ0v) is 11.6. The summed E-state index contributed by atoms with van der Waals surface area (Å²) in [6.45, 7) is 6.97. The maximum atomic E-state index is 11.9. The zero-order chi connectivity index (χ0) is 14.3. The van der Waals surface area contributed by atoms with Crippen LogP contribution in [-0.2, 0) is 14.3 Å². The molecule has 5 heteroatoms. The second-order valence-corrected chi connectivity index (χ2v) is 5.25. The molecule has 0 aromatic rings. The second-order valence-electron chi connectivity index (χ2n) is 5.25. The van der Waals surface area contributed by atoms with E-state index < -0.39 is 30.1 Å². The summed E-state index contributed by atoms with van der Waals surface area (Å²) in [6.07, 6.45) is 0.389. The van der Waals surface area contributed by atoms with Crippen LogP contribution in [-0.4, -0.2) is 34.9 Å². The van der Waals surface area contributed by atoms with Crippen molar-refractivity contribution in [2.75, 3.05) is 6.61 Å². The van der Waals surface area contributed by atoms with Crippen LogP contribution < -0.4 is 0 Å². The van der Waals surface area contributed by atoms with Crippen molar-refractivity contribution in [2.24, 2.45) is 11.3 Å². The Morgan fingerprint density at radius 1 is 1.33 bits per heavy atom. The number of ether oxygens (including phenoxy) is 1. The fraction of sp³-hybridized carbons (Fsp3) is 0.846. The van der Waals surface area contributed by atoms with Crippen LogP contribution in [0, 0.1) is 11.3 Å². The fourth-order valence-corrected chi connectivity index (χ4v) is 1.39. The molecule has 0 radical (unpaired) electrons. The molecule has 18 heavy (non-hydrogen) atoms. The Kier molecular flexibility index (Phi) is 7.09. The van der Waals surface area contributed by atoms with Crippen LogP contribution in [0.1, 0.15) is 47.0 Å². The number of aliphatic hydroxyl groups excluding tert-OH is 2. The van der Waals surface area contributed by atoms with Crippen molar-refractivity contribution in [1.29, 1.82) is 0 Å². The number of carbonyl (C=O) groups is 2. The Morgan fingerprint density at radius 3 is 2.28 bits per heavy atom. The van der Waals surface area contributed by atoms with Crippen molar-refractivity contribution >= 4 is 11.9 Å². The summed E-state index contributed by atoms with van der Waals surface area (Å²) in [5.74, 6) is -1.27. The Bertz CT molecular complexity index is 287. The van der Waals surface area contributed by atoms with E-state index in [0.717, 1.165) is 6.42 Å². The molecule has 0 aliphatic rings. The minimum Gasteiger partial charge on any atom is -0.393 e. The van der Waals surface area contributed by atoms with E-state index in [9.17, 15) is 9.59 Å².